The van der Waals surface area contributed by atoms with E-state index in [1.54, 1.807) is 24.3 Å². The molecule has 6 heteroatoms. The minimum Gasteiger partial charge on any atom is -0.507 e. The molecule has 0 spiro atoms. The quantitative estimate of drug-likeness (QED) is 0.691. The number of phenolic OH excluding ortho intramolecular Hbond substituents is 1. The number of aromatic hydroxyl groups is 1. The number of carboxylic acid groups (broad SMARTS) is 1. The summed E-state index contributed by atoms with van der Waals surface area (Å²) in [5.41, 5.74) is 1.48. The molecule has 0 bridgehead atoms. The van der Waals surface area contributed by atoms with Crippen LogP contribution in [0, 0.1) is 0 Å². The highest BCUT2D eigenvalue weighted by Gasteiger charge is 2.39. The van der Waals surface area contributed by atoms with Gasteiger partial charge in [-0.15, -0.1) is 0 Å². The summed E-state index contributed by atoms with van der Waals surface area (Å²) in [7, 11) is -3.71. The molecule has 1 aliphatic rings. The lowest BCUT2D eigenvalue weighted by molar-refractivity contribution is 0.0697. The minimum absolute atomic E-state index is 0.0191. The predicted molar refractivity (Wildman–Crippen MR) is 94.4 cm³/mol. The fourth-order valence-electron chi connectivity index (χ4n) is 2.99. The third-order valence-corrected chi connectivity index (χ3v) is 6.64. The van der Waals surface area contributed by atoms with E-state index in [4.69, 9.17) is 4.52 Å². The largest absolute Gasteiger partial charge is 0.507 e. The number of para-hydroxylation sites is 1. The van der Waals surface area contributed by atoms with Crippen LogP contribution in [0.2, 0.25) is 0 Å². The first-order valence-electron chi connectivity index (χ1n) is 7.56. The van der Waals surface area contributed by atoms with Crippen molar-refractivity contribution >= 4 is 23.9 Å². The molecule has 1 unspecified atom stereocenters. The molecule has 0 aromatic heterocycles. The minimum atomic E-state index is -3.71. The molecule has 1 atom stereocenters. The molecule has 0 aliphatic carbocycles. The Labute approximate surface area is 143 Å². The molecule has 0 saturated carbocycles. The zero-order valence-corrected chi connectivity index (χ0v) is 13.8. The Morgan fingerprint density at radius 3 is 2.32 bits per heavy atom. The Hall–Kier alpha value is -3.04. The van der Waals surface area contributed by atoms with Crippen LogP contribution in [0.1, 0.15) is 10.4 Å². The highest BCUT2D eigenvalue weighted by Crippen LogP contribution is 2.55. The van der Waals surface area contributed by atoms with Gasteiger partial charge in [0.1, 0.15) is 11.5 Å². The van der Waals surface area contributed by atoms with Crippen molar-refractivity contribution in [2.45, 2.75) is 0 Å². The Bertz CT molecular complexity index is 1060. The van der Waals surface area contributed by atoms with E-state index in [1.165, 1.54) is 18.2 Å². The van der Waals surface area contributed by atoms with Crippen molar-refractivity contribution in [2.24, 2.45) is 0 Å². The number of carbonyl (C=O) groups is 1. The zero-order valence-electron chi connectivity index (χ0n) is 12.9. The van der Waals surface area contributed by atoms with Crippen molar-refractivity contribution in [2.75, 3.05) is 0 Å². The number of aromatic carboxylic acids is 1. The first-order valence-corrected chi connectivity index (χ1v) is 9.19. The maximum absolute atomic E-state index is 13.8. The molecular weight excluding hydrogens is 339 g/mol. The van der Waals surface area contributed by atoms with Crippen LogP contribution in [0.15, 0.2) is 66.7 Å². The van der Waals surface area contributed by atoms with E-state index in [2.05, 4.69) is 0 Å². The molecule has 0 fully saturated rings. The van der Waals surface area contributed by atoms with Crippen LogP contribution in [0.5, 0.6) is 11.5 Å². The Kier molecular flexibility index (Phi) is 3.41. The van der Waals surface area contributed by atoms with Crippen molar-refractivity contribution in [1.82, 2.24) is 0 Å². The summed E-state index contributed by atoms with van der Waals surface area (Å²) in [5, 5.41) is 19.9. The van der Waals surface area contributed by atoms with Crippen LogP contribution in [0.4, 0.5) is 0 Å². The van der Waals surface area contributed by atoms with Gasteiger partial charge in [-0.05, 0) is 35.9 Å². The van der Waals surface area contributed by atoms with Gasteiger partial charge in [0.25, 0.3) is 0 Å². The number of hydrogen-bond acceptors (Lipinski definition) is 4. The molecule has 3 aromatic carbocycles. The average molecular weight is 352 g/mol. The smallest absolute Gasteiger partial charge is 0.335 e. The number of benzene rings is 3. The van der Waals surface area contributed by atoms with Gasteiger partial charge in [-0.2, -0.15) is 0 Å². The van der Waals surface area contributed by atoms with Crippen LogP contribution < -0.4 is 15.1 Å². The van der Waals surface area contributed by atoms with Crippen LogP contribution in [-0.2, 0) is 4.57 Å². The molecule has 1 heterocycles. The Balaban J connectivity index is 2.02. The fourth-order valence-corrected chi connectivity index (χ4v) is 5.36. The topological polar surface area (TPSA) is 83.8 Å². The van der Waals surface area contributed by atoms with Crippen LogP contribution in [0.3, 0.4) is 0 Å². The van der Waals surface area contributed by atoms with E-state index in [1.807, 2.05) is 24.3 Å². The number of rotatable bonds is 2. The first-order chi connectivity index (χ1) is 12.0. The summed E-state index contributed by atoms with van der Waals surface area (Å²) in [4.78, 5) is 11.3. The van der Waals surface area contributed by atoms with E-state index < -0.39 is 13.3 Å². The lowest BCUT2D eigenvalue weighted by Gasteiger charge is -2.29. The summed E-state index contributed by atoms with van der Waals surface area (Å²) in [5.74, 6) is -0.995. The second kappa shape index (κ2) is 5.50. The van der Waals surface area contributed by atoms with Gasteiger partial charge in [0.15, 0.2) is 0 Å². The molecule has 0 radical (unpaired) electrons. The van der Waals surface area contributed by atoms with Gasteiger partial charge >= 0.3 is 13.3 Å². The summed E-state index contributed by atoms with van der Waals surface area (Å²) in [6, 6.07) is 18.0. The molecule has 0 amide bonds. The van der Waals surface area contributed by atoms with Gasteiger partial charge in [0.05, 0.1) is 16.2 Å². The number of carboxylic acids is 1. The molecule has 1 aliphatic heterocycles. The molecule has 25 heavy (non-hydrogen) atoms. The van der Waals surface area contributed by atoms with Crippen molar-refractivity contribution in [3.63, 3.8) is 0 Å². The highest BCUT2D eigenvalue weighted by atomic mass is 31.2. The van der Waals surface area contributed by atoms with Gasteiger partial charge in [0, 0.05) is 5.56 Å². The highest BCUT2D eigenvalue weighted by molar-refractivity contribution is 7.75. The fraction of sp³-hybridized carbons (Fsp3) is 0. The first kappa shape index (κ1) is 15.5. The normalized spacial score (nSPS) is 17.9. The summed E-state index contributed by atoms with van der Waals surface area (Å²) >= 11 is 0. The molecule has 124 valence electrons. The molecule has 3 aromatic rings. The maximum atomic E-state index is 13.8. The zero-order chi connectivity index (χ0) is 17.6. The number of phenols is 1. The van der Waals surface area contributed by atoms with Crippen LogP contribution >= 0.6 is 7.37 Å². The van der Waals surface area contributed by atoms with E-state index >= 15 is 0 Å². The van der Waals surface area contributed by atoms with E-state index in [9.17, 15) is 19.6 Å². The van der Waals surface area contributed by atoms with Gasteiger partial charge < -0.3 is 14.7 Å². The summed E-state index contributed by atoms with van der Waals surface area (Å²) in [6.07, 6.45) is 0. The Morgan fingerprint density at radius 1 is 0.880 bits per heavy atom. The molecule has 5 nitrogen and oxygen atoms in total. The Morgan fingerprint density at radius 2 is 1.56 bits per heavy atom. The maximum Gasteiger partial charge on any atom is 0.335 e. The van der Waals surface area contributed by atoms with Gasteiger partial charge in [0.2, 0.25) is 0 Å². The summed E-state index contributed by atoms with van der Waals surface area (Å²) < 4.78 is 19.7. The summed E-state index contributed by atoms with van der Waals surface area (Å²) in [6.45, 7) is 0. The third kappa shape index (κ3) is 2.32. The van der Waals surface area contributed by atoms with E-state index in [-0.39, 0.29) is 16.6 Å². The molecule has 4 rings (SSSR count). The van der Waals surface area contributed by atoms with E-state index in [0.717, 1.165) is 11.1 Å². The molecular formula is C19H13O5P. The second-order valence-electron chi connectivity index (χ2n) is 5.66. The SMILES string of the molecule is O=C(O)c1ccc(O)c(P2(=O)Oc3ccccc3-c3ccccc32)c1. The number of hydrogen-bond donors (Lipinski definition) is 2. The lowest BCUT2D eigenvalue weighted by atomic mass is 10.0. The van der Waals surface area contributed by atoms with Crippen LogP contribution in [0.25, 0.3) is 11.1 Å². The van der Waals surface area contributed by atoms with Gasteiger partial charge in [-0.3, -0.25) is 4.57 Å². The average Bonchev–Trinajstić information content (AvgIpc) is 2.62. The standard InChI is InChI=1S/C19H13O5P/c20-15-10-9-12(19(21)22)11-18(15)25(23)17-8-4-2-6-14(17)13-5-1-3-7-16(13)24-25/h1-11,20H,(H,21,22). The van der Waals surface area contributed by atoms with Gasteiger partial charge in [-0.25, -0.2) is 4.79 Å². The lowest BCUT2D eigenvalue weighted by Crippen LogP contribution is -2.26. The monoisotopic (exact) mass is 352 g/mol. The van der Waals surface area contributed by atoms with Crippen molar-refractivity contribution in [1.29, 1.82) is 0 Å². The van der Waals surface area contributed by atoms with Gasteiger partial charge in [-0.1, -0.05) is 36.4 Å². The van der Waals surface area contributed by atoms with Crippen molar-refractivity contribution < 1.29 is 24.1 Å². The molecule has 0 saturated heterocycles. The van der Waals surface area contributed by atoms with E-state index in [0.29, 0.717) is 11.1 Å². The van der Waals surface area contributed by atoms with Crippen LogP contribution in [-0.4, -0.2) is 16.2 Å². The second-order valence-corrected chi connectivity index (χ2v) is 7.91. The van der Waals surface area contributed by atoms with Crippen molar-refractivity contribution in [3.05, 3.63) is 72.3 Å². The third-order valence-electron chi connectivity index (χ3n) is 4.16. The predicted octanol–water partition coefficient (Wildman–Crippen LogP) is 3.38. The van der Waals surface area contributed by atoms with Crippen molar-refractivity contribution in [3.8, 4) is 22.6 Å². The number of fused-ring (bicyclic) bond motifs is 3. The molecule has 2 N–H and O–H groups in total.